The summed E-state index contributed by atoms with van der Waals surface area (Å²) in [5.41, 5.74) is 30.3. The Morgan fingerprint density at radius 3 is 1.54 bits per heavy atom. The van der Waals surface area contributed by atoms with Gasteiger partial charge in [-0.1, -0.05) is 150 Å². The quantitative estimate of drug-likeness (QED) is 0.0175. The molecule has 1 fully saturated rings. The molecule has 0 aromatic heterocycles. The Labute approximate surface area is 679 Å². The van der Waals surface area contributed by atoms with Crippen LogP contribution in [0.2, 0.25) is 0 Å². The molecule has 636 valence electrons. The molecule has 4 rings (SSSR count). The van der Waals surface area contributed by atoms with Crippen molar-refractivity contribution in [3.05, 3.63) is 108 Å². The molecule has 0 spiro atoms. The van der Waals surface area contributed by atoms with Gasteiger partial charge in [-0.25, -0.2) is 0 Å². The van der Waals surface area contributed by atoms with Gasteiger partial charge in [-0.05, 0) is 125 Å². The standard InChI is InChI=1S/C81H125N17O16S/c1-51(2)46-61-76(111)91-57(34-22-23-41-82)64(101)37-20-7-6-8-21-38-67(104)90-60(39-40-66(83)103)75(110)95-62(47-53-28-14-11-15-29-53)77(112)96-63(49-68(105)106)78(113)98-71(69(54-30-16-12-17-31-54)55-32-18-13-19-33-55)65(102)48-56(50-99)72(107)97-70(52(3)100)79(114)93-59(73(108)92-58(74(109)94-61)35-26-43-87-80(84)85)36-27-44-89-81(86)88-42-24-9-4-5-10-25-45-115/h11-19,28-33,51-52,56-63,69-71,99-100,115H,4-10,20-27,34-50,82H2,1-3H3,(H2,83,103)(H,90,104)(H,91,111)(H,92,108)(H,93,114)(H,94,109)(H,95,110)(H,96,112)(H,97,107)(H,98,113)(H,105,106)(H4,84,85,87)(H3,86,88,89)/t52-,56+,57+,58+,59+,60+,61+,62+,63+,70+,71-/m1/s1. The minimum Gasteiger partial charge on any atom is -0.481 e. The van der Waals surface area contributed by atoms with Gasteiger partial charge in [-0.3, -0.25) is 72.3 Å². The monoisotopic (exact) mass is 1620 g/mol. The van der Waals surface area contributed by atoms with Crippen molar-refractivity contribution in [2.24, 2.45) is 50.5 Å². The van der Waals surface area contributed by atoms with E-state index in [0.29, 0.717) is 74.7 Å². The zero-order valence-electron chi connectivity index (χ0n) is 66.7. The maximum absolute atomic E-state index is 15.4. The number of unbranched alkanes of at least 4 members (excludes halogenated alkanes) is 6. The number of carboxylic acid groups (broad SMARTS) is 1. The van der Waals surface area contributed by atoms with Crippen molar-refractivity contribution >= 4 is 101 Å². The van der Waals surface area contributed by atoms with Gasteiger partial charge in [0.2, 0.25) is 59.1 Å². The summed E-state index contributed by atoms with van der Waals surface area (Å²) in [7, 11) is 0. The number of aliphatic hydroxyl groups excluding tert-OH is 2. The van der Waals surface area contributed by atoms with Gasteiger partial charge < -0.3 is 97.2 Å². The average molecular weight is 1630 g/mol. The molecule has 0 radical (unpaired) electrons. The molecule has 11 atom stereocenters. The second kappa shape index (κ2) is 54.7. The highest BCUT2D eigenvalue weighted by atomic mass is 32.1. The van der Waals surface area contributed by atoms with E-state index < -0.39 is 163 Å². The number of guanidine groups is 2. The minimum absolute atomic E-state index is 0.0105. The van der Waals surface area contributed by atoms with E-state index in [4.69, 9.17) is 28.7 Å². The molecule has 0 unspecified atom stereocenters. The van der Waals surface area contributed by atoms with Crippen LogP contribution in [0, 0.1) is 11.8 Å². The lowest BCUT2D eigenvalue weighted by molar-refractivity contribution is -0.141. The summed E-state index contributed by atoms with van der Waals surface area (Å²) in [6.07, 6.45) is 4.67. The van der Waals surface area contributed by atoms with Crippen LogP contribution in [0.15, 0.2) is 101 Å². The molecule has 1 aliphatic heterocycles. The fourth-order valence-corrected chi connectivity index (χ4v) is 13.5. The lowest BCUT2D eigenvalue weighted by Crippen LogP contribution is -2.60. The van der Waals surface area contributed by atoms with E-state index in [-0.39, 0.29) is 107 Å². The van der Waals surface area contributed by atoms with E-state index in [1.165, 1.54) is 0 Å². The molecule has 1 saturated heterocycles. The van der Waals surface area contributed by atoms with Gasteiger partial charge in [0.1, 0.15) is 42.3 Å². The number of primary amides is 1. The first kappa shape index (κ1) is 97.3. The van der Waals surface area contributed by atoms with Crippen LogP contribution in [-0.4, -0.2) is 203 Å². The minimum atomic E-state index is -2.01. The third-order valence-electron chi connectivity index (χ3n) is 19.5. The normalized spacial score (nSPS) is 22.3. The number of ketones is 2. The molecule has 0 aliphatic carbocycles. The molecule has 0 saturated carbocycles. The van der Waals surface area contributed by atoms with Crippen molar-refractivity contribution in [2.75, 3.05) is 38.5 Å². The number of hydrogen-bond acceptors (Lipinski definition) is 19. The van der Waals surface area contributed by atoms with Crippen LogP contribution in [0.5, 0.6) is 0 Å². The molecular weight excluding hydrogens is 1500 g/mol. The van der Waals surface area contributed by atoms with E-state index in [0.717, 1.165) is 51.2 Å². The Hall–Kier alpha value is -10.1. The lowest BCUT2D eigenvalue weighted by Gasteiger charge is -2.31. The predicted molar refractivity (Wildman–Crippen MR) is 440 cm³/mol. The Morgan fingerprint density at radius 2 is 0.983 bits per heavy atom. The largest absolute Gasteiger partial charge is 0.481 e. The summed E-state index contributed by atoms with van der Waals surface area (Å²) in [6, 6.07) is 10.8. The maximum atomic E-state index is 15.4. The third-order valence-corrected chi connectivity index (χ3v) is 19.8. The highest BCUT2D eigenvalue weighted by Crippen LogP contribution is 2.31. The van der Waals surface area contributed by atoms with Crippen molar-refractivity contribution in [2.45, 2.75) is 254 Å². The van der Waals surface area contributed by atoms with Crippen LogP contribution >= 0.6 is 12.6 Å². The van der Waals surface area contributed by atoms with Crippen molar-refractivity contribution in [1.29, 1.82) is 0 Å². The molecule has 115 heavy (non-hydrogen) atoms. The Kier molecular flexibility index (Phi) is 46.3. The molecule has 33 nitrogen and oxygen atoms in total. The van der Waals surface area contributed by atoms with E-state index in [1.54, 1.807) is 91.0 Å². The number of thiol groups is 1. The summed E-state index contributed by atoms with van der Waals surface area (Å²) in [5.74, 6) is -14.7. The van der Waals surface area contributed by atoms with Gasteiger partial charge in [-0.15, -0.1) is 0 Å². The van der Waals surface area contributed by atoms with Crippen molar-refractivity contribution < 1.29 is 77.6 Å². The highest BCUT2D eigenvalue weighted by molar-refractivity contribution is 7.80. The number of aliphatic carboxylic acids is 1. The van der Waals surface area contributed by atoms with Gasteiger partial charge in [0.05, 0.1) is 37.1 Å². The molecule has 23 N–H and O–H groups in total. The number of hydrogen-bond donors (Lipinski definition) is 19. The van der Waals surface area contributed by atoms with Crippen LogP contribution in [0.3, 0.4) is 0 Å². The summed E-state index contributed by atoms with van der Waals surface area (Å²) in [6.45, 7) is 4.55. The number of carboxylic acids is 1. The smallest absolute Gasteiger partial charge is 0.305 e. The van der Waals surface area contributed by atoms with Crippen molar-refractivity contribution in [1.82, 2.24) is 53.2 Å². The second-order valence-corrected chi connectivity index (χ2v) is 30.1. The fraction of sp³-hybridized carbons (Fsp3) is 0.593. The zero-order valence-corrected chi connectivity index (χ0v) is 67.6. The first-order valence-electron chi connectivity index (χ1n) is 40.2. The SMILES string of the molecule is CC(C)C[C@@H]1NC(=O)[C@H](CCCN=C(N)N)NC(=O)[C@H](CCCN=C(N)NCCCCCCCCS)NC(=O)[C@H]([C@@H](C)O)NC(=O)[C@H](CO)CC(=O)[C@H](C(c2ccccc2)c2ccccc2)NC(=O)[C@H](CC(=O)O)NC(=O)[C@H](Cc2ccccc2)NC(=O)[C@H](CCC(N)=O)NC(=O)CCCCCCCC(=O)[C@H](CCCCN)NC1=O. The van der Waals surface area contributed by atoms with Crippen molar-refractivity contribution in [3.63, 3.8) is 0 Å². The number of nitrogens with zero attached hydrogens (tertiary/aromatic N) is 2. The number of benzene rings is 3. The molecule has 34 heteroatoms. The van der Waals surface area contributed by atoms with Crippen LogP contribution in [0.4, 0.5) is 0 Å². The molecule has 1 aliphatic rings. The van der Waals surface area contributed by atoms with Crippen LogP contribution < -0.4 is 81.8 Å². The van der Waals surface area contributed by atoms with Crippen molar-refractivity contribution in [3.8, 4) is 0 Å². The van der Waals surface area contributed by atoms with Crippen LogP contribution in [0.25, 0.3) is 0 Å². The number of carbonyl (C=O) groups excluding carboxylic acids is 12. The zero-order chi connectivity index (χ0) is 84.6. The van der Waals surface area contributed by atoms with Gasteiger partial charge in [0.25, 0.3) is 0 Å². The van der Waals surface area contributed by atoms with Gasteiger partial charge in [-0.2, -0.15) is 12.6 Å². The first-order valence-corrected chi connectivity index (χ1v) is 40.8. The van der Waals surface area contributed by atoms with Crippen LogP contribution in [0.1, 0.15) is 204 Å². The molecule has 0 bridgehead atoms. The number of Topliss-reactive ketones (excluding diaryl/α,β-unsaturated/α-hetero) is 2. The van der Waals surface area contributed by atoms with Gasteiger partial charge in [0, 0.05) is 57.7 Å². The summed E-state index contributed by atoms with van der Waals surface area (Å²) < 4.78 is 0. The van der Waals surface area contributed by atoms with Gasteiger partial charge in [0.15, 0.2) is 23.5 Å². The molecule has 3 aromatic rings. The highest BCUT2D eigenvalue weighted by Gasteiger charge is 2.41. The number of aliphatic hydroxyl groups is 2. The number of nitrogens with one attached hydrogen (secondary N) is 10. The Bertz CT molecular complexity index is 3580. The molecule has 10 amide bonds. The number of carbonyl (C=O) groups is 13. The number of rotatable bonds is 34. The fourth-order valence-electron chi connectivity index (χ4n) is 13.2. The number of nitrogens with two attached hydrogens (primary N) is 5. The number of amides is 10. The predicted octanol–water partition coefficient (Wildman–Crippen LogP) is 1.61. The summed E-state index contributed by atoms with van der Waals surface area (Å²) in [4.78, 5) is 195. The van der Waals surface area contributed by atoms with E-state index in [2.05, 4.69) is 75.8 Å². The summed E-state index contributed by atoms with van der Waals surface area (Å²) >= 11 is 4.28. The third kappa shape index (κ3) is 38.3. The Morgan fingerprint density at radius 1 is 0.504 bits per heavy atom. The second-order valence-electron chi connectivity index (χ2n) is 29.6. The average Bonchev–Trinajstić information content (AvgIpc) is 0.799. The maximum Gasteiger partial charge on any atom is 0.305 e. The topological polar surface area (TPSA) is 558 Å². The molecular formula is C81H125N17O16S. The number of aliphatic imine (C=N–C) groups is 2. The molecule has 1 heterocycles. The van der Waals surface area contributed by atoms with Gasteiger partial charge >= 0.3 is 5.97 Å². The Balaban J connectivity index is 1.89. The van der Waals surface area contributed by atoms with E-state index >= 15 is 9.59 Å². The van der Waals surface area contributed by atoms with E-state index in [9.17, 15) is 68.1 Å². The summed E-state index contributed by atoms with van der Waals surface area (Å²) in [5, 5.41) is 59.8. The van der Waals surface area contributed by atoms with E-state index in [1.807, 2.05) is 13.8 Å². The first-order chi connectivity index (χ1) is 55.0. The molecule has 3 aromatic carbocycles. The lowest BCUT2D eigenvalue weighted by atomic mass is 9.81. The van der Waals surface area contributed by atoms with Crippen LogP contribution in [-0.2, 0) is 68.7 Å².